The molecule has 2 aliphatic heterocycles. The second-order valence-electron chi connectivity index (χ2n) is 6.77. The van der Waals surface area contributed by atoms with Crippen molar-refractivity contribution < 1.29 is 33.3 Å². The number of carbonyl (C=O) groups excluding carboxylic acids is 2. The van der Waals surface area contributed by atoms with Gasteiger partial charge in [0, 0.05) is 12.8 Å². The van der Waals surface area contributed by atoms with Crippen LogP contribution >= 0.6 is 0 Å². The van der Waals surface area contributed by atoms with Gasteiger partial charge >= 0.3 is 12.3 Å². The molecule has 2 fully saturated rings. The van der Waals surface area contributed by atoms with Crippen molar-refractivity contribution in [3.8, 4) is 12.3 Å². The highest BCUT2D eigenvalue weighted by Crippen LogP contribution is 2.40. The summed E-state index contributed by atoms with van der Waals surface area (Å²) in [4.78, 5) is 36.6. The van der Waals surface area contributed by atoms with E-state index in [0.717, 1.165) is 0 Å². The van der Waals surface area contributed by atoms with E-state index in [1.165, 1.54) is 6.33 Å². The summed E-state index contributed by atoms with van der Waals surface area (Å²) in [5, 5.41) is 0. The second-order valence-corrected chi connectivity index (χ2v) is 6.77. The average Bonchev–Trinajstić information content (AvgIpc) is 3.27. The topological polar surface area (TPSA) is 150 Å². The zero-order chi connectivity index (χ0) is 21.3. The van der Waals surface area contributed by atoms with E-state index in [0.29, 0.717) is 23.4 Å². The monoisotopic (exact) mass is 417 g/mol. The Labute approximate surface area is 170 Å². The number of terminal acetylenes is 1. The normalized spacial score (nSPS) is 27.5. The van der Waals surface area contributed by atoms with Crippen molar-refractivity contribution >= 4 is 29.3 Å². The molecule has 4 rings (SSSR count). The molecule has 0 spiro atoms. The highest BCUT2D eigenvalue weighted by molar-refractivity contribution is 5.81. The minimum atomic E-state index is -1.56. The third-order valence-corrected chi connectivity index (χ3v) is 4.77. The predicted molar refractivity (Wildman–Crippen MR) is 98.9 cm³/mol. The van der Waals surface area contributed by atoms with Crippen LogP contribution in [0.2, 0.25) is 0 Å². The molecular formula is C18H19N5O7. The number of imidazole rings is 1. The van der Waals surface area contributed by atoms with Crippen LogP contribution in [0.5, 0.6) is 0 Å². The highest BCUT2D eigenvalue weighted by Gasteiger charge is 2.53. The lowest BCUT2D eigenvalue weighted by Gasteiger charge is -2.28. The summed E-state index contributed by atoms with van der Waals surface area (Å²) in [6, 6.07) is 0. The van der Waals surface area contributed by atoms with Crippen molar-refractivity contribution in [2.45, 2.75) is 37.7 Å². The van der Waals surface area contributed by atoms with Gasteiger partial charge in [-0.3, -0.25) is 4.57 Å². The third kappa shape index (κ3) is 3.55. The number of anilines is 1. The van der Waals surface area contributed by atoms with Crippen LogP contribution in [0.3, 0.4) is 0 Å². The molecule has 2 aromatic rings. The molecule has 2 N–H and O–H groups in total. The second kappa shape index (κ2) is 7.68. The van der Waals surface area contributed by atoms with Gasteiger partial charge in [0.2, 0.25) is 5.60 Å². The van der Waals surface area contributed by atoms with Gasteiger partial charge in [0.05, 0.1) is 19.5 Å². The van der Waals surface area contributed by atoms with E-state index in [4.69, 9.17) is 35.8 Å². The van der Waals surface area contributed by atoms with E-state index in [1.54, 1.807) is 11.5 Å². The molecule has 12 heteroatoms. The van der Waals surface area contributed by atoms with E-state index in [2.05, 4.69) is 20.9 Å². The quantitative estimate of drug-likeness (QED) is 0.524. The van der Waals surface area contributed by atoms with Gasteiger partial charge in [-0.2, -0.15) is 0 Å². The fraction of sp³-hybridized carbons (Fsp3) is 0.500. The number of rotatable bonds is 1. The lowest BCUT2D eigenvalue weighted by Crippen LogP contribution is -2.45. The average molecular weight is 417 g/mol. The molecule has 30 heavy (non-hydrogen) atoms. The van der Waals surface area contributed by atoms with Crippen molar-refractivity contribution in [2.24, 2.45) is 0 Å². The summed E-state index contributed by atoms with van der Waals surface area (Å²) in [5.41, 5.74) is 5.18. The first-order chi connectivity index (χ1) is 14.4. The van der Waals surface area contributed by atoms with Crippen LogP contribution in [-0.2, 0) is 23.7 Å². The van der Waals surface area contributed by atoms with E-state index < -0.39 is 30.2 Å². The van der Waals surface area contributed by atoms with E-state index in [1.807, 2.05) is 0 Å². The SMILES string of the molecule is C#C[C@@]12COC(=O)OCCCOC(=O)O[C@H]1C[C@H](n1cnc3c(N)nc(C)nc31)O2. The Bertz CT molecular complexity index is 1030. The number of carbonyl (C=O) groups is 2. The molecular weight excluding hydrogens is 398 g/mol. The predicted octanol–water partition coefficient (Wildman–Crippen LogP) is 1.09. The van der Waals surface area contributed by atoms with Crippen LogP contribution in [0.25, 0.3) is 11.2 Å². The molecule has 2 aromatic heterocycles. The molecule has 0 amide bonds. The largest absolute Gasteiger partial charge is 0.508 e. The summed E-state index contributed by atoms with van der Waals surface area (Å²) in [7, 11) is 0. The molecule has 0 bridgehead atoms. The number of ether oxygens (including phenoxy) is 5. The molecule has 0 saturated carbocycles. The third-order valence-electron chi connectivity index (χ3n) is 4.77. The van der Waals surface area contributed by atoms with Gasteiger partial charge in [-0.15, -0.1) is 6.42 Å². The number of hydrogen-bond acceptors (Lipinski definition) is 11. The summed E-state index contributed by atoms with van der Waals surface area (Å²) >= 11 is 0. The molecule has 0 radical (unpaired) electrons. The fourth-order valence-electron chi connectivity index (χ4n) is 3.34. The summed E-state index contributed by atoms with van der Waals surface area (Å²) < 4.78 is 28.1. The van der Waals surface area contributed by atoms with E-state index >= 15 is 0 Å². The molecule has 3 atom stereocenters. The minimum Gasteiger partial charge on any atom is -0.434 e. The summed E-state index contributed by atoms with van der Waals surface area (Å²) in [6.07, 6.45) is 4.11. The Morgan fingerprint density at radius 2 is 2.00 bits per heavy atom. The lowest BCUT2D eigenvalue weighted by atomic mass is 9.98. The molecule has 0 aromatic carbocycles. The van der Waals surface area contributed by atoms with Crippen molar-refractivity contribution in [3.05, 3.63) is 12.2 Å². The maximum atomic E-state index is 12.1. The number of aromatic nitrogens is 4. The standard InChI is InChI=1S/C18H19N5O7/c1-3-18-8-28-16(24)26-5-4-6-27-17(25)29-11(18)7-12(30-18)23-9-20-13-14(19)21-10(2)22-15(13)23/h1,9,11-12H,4-8H2,2H3,(H2,19,21,22)/t11-,12+,18+/m0/s1. The van der Waals surface area contributed by atoms with Gasteiger partial charge < -0.3 is 29.4 Å². The van der Waals surface area contributed by atoms with Crippen molar-refractivity contribution in [2.75, 3.05) is 25.6 Å². The van der Waals surface area contributed by atoms with Crippen molar-refractivity contribution in [1.82, 2.24) is 19.5 Å². The Kier molecular flexibility index (Phi) is 5.04. The number of nitrogen functional groups attached to an aromatic ring is 1. The van der Waals surface area contributed by atoms with Crippen LogP contribution in [0.1, 0.15) is 24.9 Å². The first-order valence-electron chi connectivity index (χ1n) is 9.17. The van der Waals surface area contributed by atoms with Crippen LogP contribution in [0, 0.1) is 19.3 Å². The Morgan fingerprint density at radius 1 is 1.23 bits per heavy atom. The van der Waals surface area contributed by atoms with Crippen LogP contribution in [-0.4, -0.2) is 63.4 Å². The first-order valence-corrected chi connectivity index (χ1v) is 9.17. The van der Waals surface area contributed by atoms with Gasteiger partial charge in [-0.1, -0.05) is 5.92 Å². The van der Waals surface area contributed by atoms with Crippen LogP contribution < -0.4 is 5.73 Å². The fourth-order valence-corrected chi connectivity index (χ4v) is 3.34. The molecule has 2 aliphatic rings. The van der Waals surface area contributed by atoms with E-state index in [-0.39, 0.29) is 32.1 Å². The lowest BCUT2D eigenvalue weighted by molar-refractivity contribution is -0.107. The smallest absolute Gasteiger partial charge is 0.434 e. The Morgan fingerprint density at radius 3 is 2.77 bits per heavy atom. The Balaban J connectivity index is 1.68. The first kappa shape index (κ1) is 19.7. The zero-order valence-corrected chi connectivity index (χ0v) is 16.1. The highest BCUT2D eigenvalue weighted by atomic mass is 16.8. The maximum absolute atomic E-state index is 12.1. The van der Waals surface area contributed by atoms with Crippen molar-refractivity contribution in [3.63, 3.8) is 0 Å². The van der Waals surface area contributed by atoms with Gasteiger partial charge in [-0.05, 0) is 6.92 Å². The molecule has 0 unspecified atom stereocenters. The number of nitrogens with zero attached hydrogens (tertiary/aromatic N) is 4. The maximum Gasteiger partial charge on any atom is 0.508 e. The Hall–Kier alpha value is -3.59. The molecule has 158 valence electrons. The summed E-state index contributed by atoms with van der Waals surface area (Å²) in [5.74, 6) is 3.12. The molecule has 12 nitrogen and oxygen atoms in total. The van der Waals surface area contributed by atoms with Crippen molar-refractivity contribution in [1.29, 1.82) is 0 Å². The number of cyclic esters (lactones) is 3. The number of fused-ring (bicyclic) bond motifs is 2. The number of nitrogens with two attached hydrogens (primary N) is 1. The van der Waals surface area contributed by atoms with Gasteiger partial charge in [0.1, 0.15) is 24.2 Å². The molecule has 0 aliphatic carbocycles. The van der Waals surface area contributed by atoms with Gasteiger partial charge in [0.15, 0.2) is 17.6 Å². The number of hydrogen-bond donors (Lipinski definition) is 1. The van der Waals surface area contributed by atoms with E-state index in [9.17, 15) is 9.59 Å². The zero-order valence-electron chi connectivity index (χ0n) is 16.1. The summed E-state index contributed by atoms with van der Waals surface area (Å²) in [6.45, 7) is 1.33. The minimum absolute atomic E-state index is 0.00774. The van der Waals surface area contributed by atoms with Crippen LogP contribution in [0.15, 0.2) is 6.33 Å². The number of aryl methyl sites for hydroxylation is 1. The molecule has 4 heterocycles. The molecule has 2 saturated heterocycles. The van der Waals surface area contributed by atoms with Gasteiger partial charge in [-0.25, -0.2) is 24.5 Å². The van der Waals surface area contributed by atoms with Crippen LogP contribution in [0.4, 0.5) is 15.4 Å². The van der Waals surface area contributed by atoms with Gasteiger partial charge in [0.25, 0.3) is 0 Å².